The monoisotopic (exact) mass is 345 g/mol. The number of hydrogen-bond donors (Lipinski definition) is 2. The number of carbonyl (C=O) groups excluding carboxylic acids is 1. The lowest BCUT2D eigenvalue weighted by molar-refractivity contribution is -0.133. The van der Waals surface area contributed by atoms with Crippen molar-refractivity contribution in [2.24, 2.45) is 10.9 Å². The highest BCUT2D eigenvalue weighted by Crippen LogP contribution is 2.13. The van der Waals surface area contributed by atoms with E-state index in [-0.39, 0.29) is 17.9 Å². The average molecular weight is 345 g/mol. The third kappa shape index (κ3) is 5.66. The molecule has 2 rings (SSSR count). The predicted octanol–water partition coefficient (Wildman–Crippen LogP) is 1.54. The van der Waals surface area contributed by atoms with Crippen LogP contribution in [-0.4, -0.2) is 63.1 Å². The number of rotatable bonds is 6. The number of amides is 1. The van der Waals surface area contributed by atoms with Gasteiger partial charge in [0.1, 0.15) is 0 Å². The van der Waals surface area contributed by atoms with Crippen LogP contribution >= 0.6 is 0 Å². The number of anilines is 1. The minimum atomic E-state index is 0.0599. The third-order valence-electron chi connectivity index (χ3n) is 4.49. The molecule has 1 aromatic carbocycles. The molecule has 0 spiro atoms. The van der Waals surface area contributed by atoms with Crippen LogP contribution in [0.1, 0.15) is 20.3 Å². The van der Waals surface area contributed by atoms with E-state index in [4.69, 9.17) is 0 Å². The lowest BCUT2D eigenvalue weighted by Gasteiger charge is -2.22. The summed E-state index contributed by atoms with van der Waals surface area (Å²) in [6, 6.07) is 10.6. The van der Waals surface area contributed by atoms with Crippen LogP contribution < -0.4 is 15.5 Å². The van der Waals surface area contributed by atoms with E-state index < -0.39 is 0 Å². The molecular weight excluding hydrogens is 314 g/mol. The molecule has 0 radical (unpaired) electrons. The minimum Gasteiger partial charge on any atom is -0.373 e. The molecule has 1 amide bonds. The molecule has 2 N–H and O–H groups in total. The van der Waals surface area contributed by atoms with Gasteiger partial charge < -0.3 is 20.4 Å². The summed E-state index contributed by atoms with van der Waals surface area (Å²) in [5.74, 6) is 1.09. The summed E-state index contributed by atoms with van der Waals surface area (Å²) in [4.78, 5) is 20.5. The molecule has 1 atom stereocenters. The number of benzene rings is 1. The molecule has 0 aliphatic carbocycles. The van der Waals surface area contributed by atoms with Gasteiger partial charge in [0.2, 0.25) is 5.91 Å². The van der Waals surface area contributed by atoms with Gasteiger partial charge in [0.15, 0.2) is 5.96 Å². The van der Waals surface area contributed by atoms with Crippen LogP contribution in [-0.2, 0) is 4.79 Å². The summed E-state index contributed by atoms with van der Waals surface area (Å²) in [6.45, 7) is 7.16. The summed E-state index contributed by atoms with van der Waals surface area (Å²) in [7, 11) is 3.86. The molecule has 1 aliphatic heterocycles. The molecule has 6 nitrogen and oxygen atoms in total. The Labute approximate surface area is 151 Å². The Bertz CT molecular complexity index is 572. The van der Waals surface area contributed by atoms with E-state index in [0.717, 1.165) is 38.6 Å². The summed E-state index contributed by atoms with van der Waals surface area (Å²) >= 11 is 0. The van der Waals surface area contributed by atoms with E-state index in [1.807, 2.05) is 36.9 Å². The Hall–Kier alpha value is -2.24. The Morgan fingerprint density at radius 3 is 2.72 bits per heavy atom. The topological polar surface area (TPSA) is 60.0 Å². The first-order valence-corrected chi connectivity index (χ1v) is 9.03. The maximum Gasteiger partial charge on any atom is 0.225 e. The van der Waals surface area contributed by atoms with Crippen molar-refractivity contribution in [3.8, 4) is 0 Å². The van der Waals surface area contributed by atoms with Gasteiger partial charge in [-0.1, -0.05) is 32.0 Å². The molecule has 1 heterocycles. The second-order valence-corrected chi connectivity index (χ2v) is 6.82. The fourth-order valence-electron chi connectivity index (χ4n) is 2.98. The first-order chi connectivity index (χ1) is 12.0. The number of likely N-dealkylation sites (tertiary alicyclic amines) is 1. The Balaban J connectivity index is 1.73. The highest BCUT2D eigenvalue weighted by atomic mass is 16.2. The Morgan fingerprint density at radius 1 is 1.36 bits per heavy atom. The van der Waals surface area contributed by atoms with E-state index in [1.54, 1.807) is 7.05 Å². The normalized spacial score (nSPS) is 17.7. The van der Waals surface area contributed by atoms with Gasteiger partial charge in [-0.3, -0.25) is 9.79 Å². The maximum absolute atomic E-state index is 12.1. The van der Waals surface area contributed by atoms with Gasteiger partial charge >= 0.3 is 0 Å². The average Bonchev–Trinajstić information content (AvgIpc) is 3.09. The van der Waals surface area contributed by atoms with E-state index >= 15 is 0 Å². The fraction of sp³-hybridized carbons (Fsp3) is 0.579. The number of aliphatic imine (C=N–C) groups is 1. The lowest BCUT2D eigenvalue weighted by atomic mass is 10.2. The van der Waals surface area contributed by atoms with Crippen LogP contribution in [0.25, 0.3) is 0 Å². The van der Waals surface area contributed by atoms with Crippen molar-refractivity contribution in [2.45, 2.75) is 26.3 Å². The molecule has 1 fully saturated rings. The predicted molar refractivity (Wildman–Crippen MR) is 104 cm³/mol. The zero-order chi connectivity index (χ0) is 18.2. The zero-order valence-electron chi connectivity index (χ0n) is 15.8. The highest BCUT2D eigenvalue weighted by Gasteiger charge is 2.27. The van der Waals surface area contributed by atoms with Crippen molar-refractivity contribution in [3.63, 3.8) is 0 Å². The van der Waals surface area contributed by atoms with Crippen LogP contribution in [0.2, 0.25) is 0 Å². The van der Waals surface area contributed by atoms with Crippen molar-refractivity contribution in [1.29, 1.82) is 0 Å². The highest BCUT2D eigenvalue weighted by molar-refractivity contribution is 5.81. The molecule has 1 aromatic rings. The number of hydrogen-bond acceptors (Lipinski definition) is 3. The van der Waals surface area contributed by atoms with Crippen molar-refractivity contribution in [2.75, 3.05) is 45.2 Å². The quantitative estimate of drug-likeness (QED) is 0.607. The number of para-hydroxylation sites is 1. The number of nitrogens with zero attached hydrogens (tertiary/aromatic N) is 3. The van der Waals surface area contributed by atoms with Gasteiger partial charge in [-0.15, -0.1) is 0 Å². The maximum atomic E-state index is 12.1. The van der Waals surface area contributed by atoms with E-state index in [9.17, 15) is 4.79 Å². The number of carbonyl (C=O) groups is 1. The van der Waals surface area contributed by atoms with Crippen LogP contribution in [0.3, 0.4) is 0 Å². The van der Waals surface area contributed by atoms with E-state index in [1.165, 1.54) is 5.69 Å². The van der Waals surface area contributed by atoms with Gasteiger partial charge in [0.05, 0.1) is 0 Å². The van der Waals surface area contributed by atoms with Gasteiger partial charge in [-0.2, -0.15) is 0 Å². The van der Waals surface area contributed by atoms with Crippen molar-refractivity contribution >= 4 is 17.6 Å². The van der Waals surface area contributed by atoms with Crippen molar-refractivity contribution < 1.29 is 4.79 Å². The molecule has 1 unspecified atom stereocenters. The molecule has 0 aromatic heterocycles. The summed E-state index contributed by atoms with van der Waals surface area (Å²) in [5.41, 5.74) is 1.20. The van der Waals surface area contributed by atoms with Gasteiger partial charge in [-0.25, -0.2) is 0 Å². The van der Waals surface area contributed by atoms with Crippen molar-refractivity contribution in [1.82, 2.24) is 15.5 Å². The van der Waals surface area contributed by atoms with E-state index in [0.29, 0.717) is 0 Å². The summed E-state index contributed by atoms with van der Waals surface area (Å²) in [5, 5.41) is 6.79. The first-order valence-electron chi connectivity index (χ1n) is 9.03. The third-order valence-corrected chi connectivity index (χ3v) is 4.49. The standard InChI is InChI=1S/C19H31N5O/c1-15(2)18(25)24-12-10-16(14-24)22-19(20-3)21-11-13-23(4)17-8-6-5-7-9-17/h5-9,15-16H,10-14H2,1-4H3,(H2,20,21,22). The van der Waals surface area contributed by atoms with Crippen LogP contribution in [0, 0.1) is 5.92 Å². The van der Waals surface area contributed by atoms with Gasteiger partial charge in [0.25, 0.3) is 0 Å². The second-order valence-electron chi connectivity index (χ2n) is 6.82. The van der Waals surface area contributed by atoms with Gasteiger partial charge in [-0.05, 0) is 18.6 Å². The van der Waals surface area contributed by atoms with E-state index in [2.05, 4.69) is 39.7 Å². The molecule has 0 saturated carbocycles. The Kier molecular flexibility index (Phi) is 7.10. The zero-order valence-corrected chi connectivity index (χ0v) is 15.8. The first kappa shape index (κ1) is 19.1. The molecule has 138 valence electrons. The summed E-state index contributed by atoms with van der Waals surface area (Å²) in [6.07, 6.45) is 0.961. The van der Waals surface area contributed by atoms with Crippen LogP contribution in [0.5, 0.6) is 0 Å². The molecule has 6 heteroatoms. The number of guanidine groups is 1. The molecular formula is C19H31N5O. The fourth-order valence-corrected chi connectivity index (χ4v) is 2.98. The smallest absolute Gasteiger partial charge is 0.225 e. The Morgan fingerprint density at radius 2 is 2.08 bits per heavy atom. The molecule has 25 heavy (non-hydrogen) atoms. The summed E-state index contributed by atoms with van der Waals surface area (Å²) < 4.78 is 0. The minimum absolute atomic E-state index is 0.0599. The van der Waals surface area contributed by atoms with Crippen LogP contribution in [0.4, 0.5) is 5.69 Å². The molecule has 0 bridgehead atoms. The second kappa shape index (κ2) is 9.30. The molecule has 1 saturated heterocycles. The van der Waals surface area contributed by atoms with Gasteiger partial charge in [0, 0.05) is 57.9 Å². The molecule has 1 aliphatic rings. The number of likely N-dealkylation sites (N-methyl/N-ethyl adjacent to an activating group) is 1. The van der Waals surface area contributed by atoms with Crippen molar-refractivity contribution in [3.05, 3.63) is 30.3 Å². The number of nitrogens with one attached hydrogen (secondary N) is 2. The SMILES string of the molecule is CN=C(NCCN(C)c1ccccc1)NC1CCN(C(=O)C(C)C)C1. The van der Waals surface area contributed by atoms with Crippen LogP contribution in [0.15, 0.2) is 35.3 Å². The lowest BCUT2D eigenvalue weighted by Crippen LogP contribution is -2.46. The largest absolute Gasteiger partial charge is 0.373 e.